The fourth-order valence-electron chi connectivity index (χ4n) is 3.36. The molecule has 1 N–H and O–H groups in total. The predicted molar refractivity (Wildman–Crippen MR) is 115 cm³/mol. The van der Waals surface area contributed by atoms with Crippen molar-refractivity contribution in [2.24, 2.45) is 0 Å². The number of aromatic nitrogens is 1. The van der Waals surface area contributed by atoms with Crippen LogP contribution in [0.15, 0.2) is 58.8 Å². The van der Waals surface area contributed by atoms with Crippen LogP contribution in [0.5, 0.6) is 0 Å². The normalized spacial score (nSPS) is 15.1. The van der Waals surface area contributed by atoms with Crippen molar-refractivity contribution < 1.29 is 26.4 Å². The lowest BCUT2D eigenvalue weighted by atomic mass is 10.1. The minimum Gasteiger partial charge on any atom is -0.298 e. The van der Waals surface area contributed by atoms with Gasteiger partial charge in [0.05, 0.1) is 16.2 Å². The molecule has 1 fully saturated rings. The fourth-order valence-corrected chi connectivity index (χ4v) is 5.64. The van der Waals surface area contributed by atoms with Crippen molar-refractivity contribution in [1.29, 1.82) is 0 Å². The van der Waals surface area contributed by atoms with E-state index < -0.39 is 27.7 Å². The highest BCUT2D eigenvalue weighted by Gasteiger charge is 2.31. The first-order chi connectivity index (χ1) is 15.1. The number of anilines is 1. The maximum Gasteiger partial charge on any atom is 0.416 e. The van der Waals surface area contributed by atoms with Crippen molar-refractivity contribution in [2.75, 3.05) is 18.4 Å². The molecule has 168 valence electrons. The molecule has 0 saturated carbocycles. The van der Waals surface area contributed by atoms with Crippen molar-refractivity contribution in [3.8, 4) is 11.3 Å². The Labute approximate surface area is 186 Å². The minimum atomic E-state index is -4.47. The Kier molecular flexibility index (Phi) is 6.06. The Morgan fingerprint density at radius 2 is 1.78 bits per heavy atom. The van der Waals surface area contributed by atoms with Crippen LogP contribution in [0.3, 0.4) is 0 Å². The maximum atomic E-state index is 12.9. The first kappa shape index (κ1) is 22.4. The van der Waals surface area contributed by atoms with Crippen LogP contribution in [0.2, 0.25) is 0 Å². The number of benzene rings is 2. The third-order valence-electron chi connectivity index (χ3n) is 5.01. The van der Waals surface area contributed by atoms with Crippen molar-refractivity contribution in [2.45, 2.75) is 23.9 Å². The topological polar surface area (TPSA) is 79.4 Å². The molecular weight excluding hydrogens is 463 g/mol. The van der Waals surface area contributed by atoms with Gasteiger partial charge in [0.1, 0.15) is 0 Å². The van der Waals surface area contributed by atoms with Gasteiger partial charge in [-0.15, -0.1) is 11.3 Å². The van der Waals surface area contributed by atoms with E-state index in [1.165, 1.54) is 40.7 Å². The van der Waals surface area contributed by atoms with Gasteiger partial charge in [-0.2, -0.15) is 17.5 Å². The van der Waals surface area contributed by atoms with E-state index in [2.05, 4.69) is 10.3 Å². The Morgan fingerprint density at radius 1 is 1.06 bits per heavy atom. The number of nitrogens with zero attached hydrogens (tertiary/aromatic N) is 2. The Hall–Kier alpha value is -2.76. The highest BCUT2D eigenvalue weighted by atomic mass is 32.2. The molecule has 1 aromatic heterocycles. The van der Waals surface area contributed by atoms with E-state index in [9.17, 15) is 26.4 Å². The van der Waals surface area contributed by atoms with E-state index in [4.69, 9.17) is 0 Å². The smallest absolute Gasteiger partial charge is 0.298 e. The molecule has 0 unspecified atom stereocenters. The average Bonchev–Trinajstić information content (AvgIpc) is 3.46. The molecule has 0 atom stereocenters. The number of halogens is 3. The van der Waals surface area contributed by atoms with Crippen LogP contribution in [0.4, 0.5) is 18.3 Å². The molecule has 2 heterocycles. The number of hydrogen-bond donors (Lipinski definition) is 1. The summed E-state index contributed by atoms with van der Waals surface area (Å²) in [7, 11) is -3.67. The van der Waals surface area contributed by atoms with Gasteiger partial charge in [0, 0.05) is 29.6 Å². The fraction of sp³-hybridized carbons (Fsp3) is 0.238. The molecule has 0 bridgehead atoms. The van der Waals surface area contributed by atoms with E-state index in [1.807, 2.05) is 0 Å². The van der Waals surface area contributed by atoms with Gasteiger partial charge in [-0.25, -0.2) is 13.4 Å². The standard InChI is InChI=1S/C21H18F3N3O3S2/c22-21(23,24)16-7-3-5-14(11-16)18-13-31-20(25-18)26-19(28)15-6-4-8-17(12-15)32(29,30)27-9-1-2-10-27/h3-8,11-13H,1-2,9-10H2,(H,25,26,28). The summed E-state index contributed by atoms with van der Waals surface area (Å²) in [4.78, 5) is 16.9. The van der Waals surface area contributed by atoms with Gasteiger partial charge in [0.25, 0.3) is 5.91 Å². The first-order valence-corrected chi connectivity index (χ1v) is 12.0. The van der Waals surface area contributed by atoms with Gasteiger partial charge in [-0.1, -0.05) is 18.2 Å². The highest BCUT2D eigenvalue weighted by Crippen LogP contribution is 2.33. The second-order valence-corrected chi connectivity index (χ2v) is 10.0. The number of carbonyl (C=O) groups is 1. The molecule has 1 amide bonds. The van der Waals surface area contributed by atoms with E-state index in [0.717, 1.165) is 36.3 Å². The minimum absolute atomic E-state index is 0.0378. The molecular formula is C21H18F3N3O3S2. The van der Waals surface area contributed by atoms with Crippen molar-refractivity contribution in [1.82, 2.24) is 9.29 Å². The van der Waals surface area contributed by atoms with Gasteiger partial charge in [0.2, 0.25) is 10.0 Å². The van der Waals surface area contributed by atoms with Crippen LogP contribution in [-0.4, -0.2) is 36.7 Å². The molecule has 0 aliphatic carbocycles. The Bertz CT molecular complexity index is 1250. The van der Waals surface area contributed by atoms with Gasteiger partial charge < -0.3 is 0 Å². The van der Waals surface area contributed by atoms with Crippen molar-refractivity contribution in [3.05, 3.63) is 65.0 Å². The van der Waals surface area contributed by atoms with E-state index in [1.54, 1.807) is 5.38 Å². The molecule has 4 rings (SSSR count). The van der Waals surface area contributed by atoms with Crippen LogP contribution in [0, 0.1) is 0 Å². The monoisotopic (exact) mass is 481 g/mol. The summed E-state index contributed by atoms with van der Waals surface area (Å²) in [5.41, 5.74) is -0.0808. The van der Waals surface area contributed by atoms with Crippen LogP contribution in [-0.2, 0) is 16.2 Å². The molecule has 0 radical (unpaired) electrons. The van der Waals surface area contributed by atoms with E-state index in [-0.39, 0.29) is 21.2 Å². The zero-order valence-corrected chi connectivity index (χ0v) is 18.2. The SMILES string of the molecule is O=C(Nc1nc(-c2cccc(C(F)(F)F)c2)cs1)c1cccc(S(=O)(=O)N2CCCC2)c1. The molecule has 0 spiro atoms. The molecule has 11 heteroatoms. The van der Waals surface area contributed by atoms with E-state index >= 15 is 0 Å². The van der Waals surface area contributed by atoms with Gasteiger partial charge in [0.15, 0.2) is 5.13 Å². The lowest BCUT2D eigenvalue weighted by Crippen LogP contribution is -2.28. The molecule has 6 nitrogen and oxygen atoms in total. The first-order valence-electron chi connectivity index (χ1n) is 9.69. The lowest BCUT2D eigenvalue weighted by molar-refractivity contribution is -0.137. The molecule has 1 saturated heterocycles. The number of rotatable bonds is 5. The molecule has 1 aliphatic rings. The summed E-state index contributed by atoms with van der Waals surface area (Å²) in [5.74, 6) is -0.562. The summed E-state index contributed by atoms with van der Waals surface area (Å²) in [6, 6.07) is 10.5. The number of carbonyl (C=O) groups excluding carboxylic acids is 1. The van der Waals surface area contributed by atoms with Crippen molar-refractivity contribution in [3.63, 3.8) is 0 Å². The maximum absolute atomic E-state index is 12.9. The summed E-state index contributed by atoms with van der Waals surface area (Å²) < 4.78 is 65.7. The average molecular weight is 482 g/mol. The van der Waals surface area contributed by atoms with Crippen LogP contribution in [0.1, 0.15) is 28.8 Å². The second-order valence-electron chi connectivity index (χ2n) is 7.21. The molecule has 32 heavy (non-hydrogen) atoms. The van der Waals surface area contributed by atoms with Crippen LogP contribution < -0.4 is 5.32 Å². The highest BCUT2D eigenvalue weighted by molar-refractivity contribution is 7.89. The zero-order chi connectivity index (χ0) is 22.9. The molecule has 2 aromatic carbocycles. The molecule has 1 aliphatic heterocycles. The van der Waals surface area contributed by atoms with Crippen molar-refractivity contribution >= 4 is 32.4 Å². The zero-order valence-electron chi connectivity index (χ0n) is 16.6. The summed E-state index contributed by atoms with van der Waals surface area (Å²) in [6.45, 7) is 0.909. The summed E-state index contributed by atoms with van der Waals surface area (Å²) >= 11 is 1.06. The second kappa shape index (κ2) is 8.64. The van der Waals surface area contributed by atoms with Gasteiger partial charge >= 0.3 is 6.18 Å². The predicted octanol–water partition coefficient (Wildman–Crippen LogP) is 4.87. The largest absolute Gasteiger partial charge is 0.416 e. The number of amides is 1. The number of hydrogen-bond acceptors (Lipinski definition) is 5. The summed E-state index contributed by atoms with van der Waals surface area (Å²) in [6.07, 6.45) is -2.86. The Morgan fingerprint density at radius 3 is 2.50 bits per heavy atom. The van der Waals surface area contributed by atoms with Gasteiger partial charge in [-0.05, 0) is 43.2 Å². The van der Waals surface area contributed by atoms with Gasteiger partial charge in [-0.3, -0.25) is 10.1 Å². The van der Waals surface area contributed by atoms with E-state index in [0.29, 0.717) is 18.8 Å². The van der Waals surface area contributed by atoms with Crippen LogP contribution in [0.25, 0.3) is 11.3 Å². The lowest BCUT2D eigenvalue weighted by Gasteiger charge is -2.15. The molecule has 3 aromatic rings. The third kappa shape index (κ3) is 4.69. The summed E-state index contributed by atoms with van der Waals surface area (Å²) in [5, 5.41) is 4.31. The number of thiazole rings is 1. The third-order valence-corrected chi connectivity index (χ3v) is 7.66. The number of nitrogens with one attached hydrogen (secondary N) is 1. The quantitative estimate of drug-likeness (QED) is 0.564. The number of alkyl halides is 3. The number of sulfonamides is 1. The Balaban J connectivity index is 1.52. The van der Waals surface area contributed by atoms with Crippen LogP contribution >= 0.6 is 11.3 Å².